The molecule has 2 saturated heterocycles. The van der Waals surface area contributed by atoms with E-state index in [9.17, 15) is 13.2 Å². The summed E-state index contributed by atoms with van der Waals surface area (Å²) in [7, 11) is -2.96. The molecule has 4 heterocycles. The third-order valence-corrected chi connectivity index (χ3v) is 8.31. The van der Waals surface area contributed by atoms with Gasteiger partial charge < -0.3 is 14.3 Å². The van der Waals surface area contributed by atoms with E-state index in [0.29, 0.717) is 32.4 Å². The van der Waals surface area contributed by atoms with Gasteiger partial charge in [-0.1, -0.05) is 5.16 Å². The Morgan fingerprint density at radius 2 is 1.81 bits per heavy atom. The van der Waals surface area contributed by atoms with Crippen LogP contribution in [0.4, 0.5) is 5.69 Å². The van der Waals surface area contributed by atoms with Gasteiger partial charge in [-0.3, -0.25) is 9.48 Å². The zero-order chi connectivity index (χ0) is 22.3. The molecular weight excluding hydrogens is 418 g/mol. The van der Waals surface area contributed by atoms with Crippen molar-refractivity contribution in [1.29, 1.82) is 0 Å². The summed E-state index contributed by atoms with van der Waals surface area (Å²) in [6.45, 7) is 10.6. The van der Waals surface area contributed by atoms with Gasteiger partial charge in [-0.2, -0.15) is 5.10 Å². The molecule has 0 spiro atoms. The number of aryl methyl sites for hydroxylation is 3. The fraction of sp³-hybridized carbons (Fsp3) is 0.667. The van der Waals surface area contributed by atoms with Crippen LogP contribution in [0, 0.1) is 27.7 Å². The van der Waals surface area contributed by atoms with E-state index in [0.717, 1.165) is 47.2 Å². The van der Waals surface area contributed by atoms with Crippen LogP contribution < -0.4 is 4.90 Å². The maximum Gasteiger partial charge on any atom is 0.223 e. The standard InChI is InChI=1S/C21H31N5O4S/c1-14-19(17(4)30-23-14)5-6-20(27)24-8-10-25(11-9-24)21-15(2)22-26(16(21)3)18-7-12-31(28,29)13-18/h18H,5-13H2,1-4H3/t18-/m1/s1. The van der Waals surface area contributed by atoms with Gasteiger partial charge in [0.05, 0.1) is 40.3 Å². The molecule has 0 unspecified atom stereocenters. The smallest absolute Gasteiger partial charge is 0.223 e. The fourth-order valence-corrected chi connectivity index (χ4v) is 6.56. The first kappa shape index (κ1) is 21.9. The van der Waals surface area contributed by atoms with Crippen LogP contribution in [0.15, 0.2) is 4.52 Å². The van der Waals surface area contributed by atoms with Crippen LogP contribution in [0.2, 0.25) is 0 Å². The van der Waals surface area contributed by atoms with Crippen LogP contribution >= 0.6 is 0 Å². The normalized spacial score (nSPS) is 21.1. The van der Waals surface area contributed by atoms with Gasteiger partial charge in [-0.25, -0.2) is 8.42 Å². The summed E-state index contributed by atoms with van der Waals surface area (Å²) >= 11 is 0. The molecule has 2 aromatic heterocycles. The van der Waals surface area contributed by atoms with Crippen molar-refractivity contribution >= 4 is 21.4 Å². The second kappa shape index (κ2) is 8.29. The largest absolute Gasteiger partial charge is 0.365 e. The Morgan fingerprint density at radius 3 is 2.39 bits per heavy atom. The number of anilines is 1. The highest BCUT2D eigenvalue weighted by Gasteiger charge is 2.33. The molecule has 2 aliphatic rings. The number of sulfone groups is 1. The molecule has 0 aliphatic carbocycles. The van der Waals surface area contributed by atoms with Crippen molar-refractivity contribution in [1.82, 2.24) is 19.8 Å². The lowest BCUT2D eigenvalue weighted by molar-refractivity contribution is -0.131. The van der Waals surface area contributed by atoms with E-state index in [1.165, 1.54) is 0 Å². The van der Waals surface area contributed by atoms with E-state index >= 15 is 0 Å². The molecular formula is C21H31N5O4S. The molecule has 2 aromatic rings. The molecule has 9 nitrogen and oxygen atoms in total. The van der Waals surface area contributed by atoms with E-state index in [1.807, 2.05) is 37.3 Å². The number of piperazine rings is 1. The maximum atomic E-state index is 12.7. The van der Waals surface area contributed by atoms with Crippen LogP contribution in [-0.4, -0.2) is 71.8 Å². The highest BCUT2D eigenvalue weighted by Crippen LogP contribution is 2.31. The first-order chi connectivity index (χ1) is 14.7. The second-order valence-electron chi connectivity index (χ2n) is 8.69. The van der Waals surface area contributed by atoms with Crippen LogP contribution in [0.1, 0.15) is 47.3 Å². The van der Waals surface area contributed by atoms with Crippen LogP contribution in [0.25, 0.3) is 0 Å². The van der Waals surface area contributed by atoms with Crippen molar-refractivity contribution in [3.63, 3.8) is 0 Å². The zero-order valence-corrected chi connectivity index (χ0v) is 19.5. The van der Waals surface area contributed by atoms with Gasteiger partial charge in [-0.05, 0) is 40.5 Å². The Hall–Kier alpha value is -2.36. The molecule has 31 heavy (non-hydrogen) atoms. The lowest BCUT2D eigenvalue weighted by Crippen LogP contribution is -2.49. The Labute approximate surface area is 183 Å². The summed E-state index contributed by atoms with van der Waals surface area (Å²) < 4.78 is 30.9. The maximum absolute atomic E-state index is 12.7. The molecule has 0 saturated carbocycles. The van der Waals surface area contributed by atoms with E-state index in [2.05, 4.69) is 15.2 Å². The van der Waals surface area contributed by atoms with E-state index < -0.39 is 9.84 Å². The molecule has 10 heteroatoms. The number of hydrogen-bond acceptors (Lipinski definition) is 7. The third-order valence-electron chi connectivity index (χ3n) is 6.56. The topological polar surface area (TPSA) is 102 Å². The van der Waals surface area contributed by atoms with Crippen molar-refractivity contribution in [2.45, 2.75) is 53.0 Å². The molecule has 2 aliphatic heterocycles. The number of carbonyl (C=O) groups is 1. The van der Waals surface area contributed by atoms with Gasteiger partial charge in [0, 0.05) is 38.2 Å². The van der Waals surface area contributed by atoms with Crippen molar-refractivity contribution < 1.29 is 17.7 Å². The Balaban J connectivity index is 1.37. The summed E-state index contributed by atoms with van der Waals surface area (Å²) in [5, 5.41) is 8.63. The third kappa shape index (κ3) is 4.35. The number of hydrogen-bond donors (Lipinski definition) is 0. The molecule has 0 aromatic carbocycles. The van der Waals surface area contributed by atoms with Gasteiger partial charge in [0.25, 0.3) is 0 Å². The zero-order valence-electron chi connectivity index (χ0n) is 18.7. The van der Waals surface area contributed by atoms with E-state index in [4.69, 9.17) is 4.52 Å². The van der Waals surface area contributed by atoms with Gasteiger partial charge in [0.2, 0.25) is 5.91 Å². The predicted octanol–water partition coefficient (Wildman–Crippen LogP) is 1.75. The Kier molecular flexibility index (Phi) is 5.85. The lowest BCUT2D eigenvalue weighted by atomic mass is 10.1. The monoisotopic (exact) mass is 449 g/mol. The summed E-state index contributed by atoms with van der Waals surface area (Å²) in [5.41, 5.74) is 4.89. The summed E-state index contributed by atoms with van der Waals surface area (Å²) in [4.78, 5) is 16.9. The van der Waals surface area contributed by atoms with Crippen LogP contribution in [-0.2, 0) is 21.1 Å². The lowest BCUT2D eigenvalue weighted by Gasteiger charge is -2.36. The molecule has 2 fully saturated rings. The number of aromatic nitrogens is 3. The first-order valence-corrected chi connectivity index (χ1v) is 12.7. The molecule has 0 radical (unpaired) electrons. The van der Waals surface area contributed by atoms with Gasteiger partial charge in [-0.15, -0.1) is 0 Å². The number of carbonyl (C=O) groups excluding carboxylic acids is 1. The molecule has 0 N–H and O–H groups in total. The Bertz CT molecular complexity index is 1060. The molecule has 1 atom stereocenters. The quantitative estimate of drug-likeness (QED) is 0.685. The average Bonchev–Trinajstić information content (AvgIpc) is 3.35. The molecule has 4 rings (SSSR count). The summed E-state index contributed by atoms with van der Waals surface area (Å²) in [5.74, 6) is 1.34. The Morgan fingerprint density at radius 1 is 1.10 bits per heavy atom. The minimum absolute atomic E-state index is 0.0790. The molecule has 0 bridgehead atoms. The molecule has 1 amide bonds. The van der Waals surface area contributed by atoms with Crippen LogP contribution in [0.3, 0.4) is 0 Å². The highest BCUT2D eigenvalue weighted by atomic mass is 32.2. The van der Waals surface area contributed by atoms with Crippen molar-refractivity contribution in [3.05, 3.63) is 28.4 Å². The number of rotatable bonds is 5. The minimum Gasteiger partial charge on any atom is -0.365 e. The van der Waals surface area contributed by atoms with Gasteiger partial charge in [0.15, 0.2) is 9.84 Å². The number of amides is 1. The fourth-order valence-electron chi connectivity index (χ4n) is 4.86. The SMILES string of the molecule is Cc1noc(C)c1CCC(=O)N1CCN(c2c(C)nn([C@@H]3CCS(=O)(=O)C3)c2C)CC1. The van der Waals surface area contributed by atoms with Gasteiger partial charge in [0.1, 0.15) is 5.76 Å². The highest BCUT2D eigenvalue weighted by molar-refractivity contribution is 7.91. The van der Waals surface area contributed by atoms with Crippen molar-refractivity contribution in [3.8, 4) is 0 Å². The summed E-state index contributed by atoms with van der Waals surface area (Å²) in [6.07, 6.45) is 1.72. The van der Waals surface area contributed by atoms with Crippen LogP contribution in [0.5, 0.6) is 0 Å². The average molecular weight is 450 g/mol. The summed E-state index contributed by atoms with van der Waals surface area (Å²) in [6, 6.07) is -0.0790. The van der Waals surface area contributed by atoms with Crippen molar-refractivity contribution in [2.75, 3.05) is 42.6 Å². The first-order valence-electron chi connectivity index (χ1n) is 10.9. The number of nitrogens with zero attached hydrogens (tertiary/aromatic N) is 5. The predicted molar refractivity (Wildman–Crippen MR) is 117 cm³/mol. The van der Waals surface area contributed by atoms with Gasteiger partial charge >= 0.3 is 0 Å². The minimum atomic E-state index is -2.96. The van der Waals surface area contributed by atoms with Crippen molar-refractivity contribution in [2.24, 2.45) is 0 Å². The van der Waals surface area contributed by atoms with E-state index in [-0.39, 0.29) is 23.5 Å². The molecule has 170 valence electrons. The van der Waals surface area contributed by atoms with E-state index in [1.54, 1.807) is 0 Å². The second-order valence-corrected chi connectivity index (χ2v) is 10.9.